The number of alkyl halides is 1. The van der Waals surface area contributed by atoms with Crippen molar-refractivity contribution in [3.63, 3.8) is 0 Å². The fraction of sp³-hybridized carbons (Fsp3) is 0.300. The number of hydrogen-bond donors (Lipinski definition) is 0. The van der Waals surface area contributed by atoms with Crippen LogP contribution in [0.4, 0.5) is 0 Å². The fourth-order valence-electron chi connectivity index (χ4n) is 0.929. The van der Waals surface area contributed by atoms with E-state index in [0.717, 1.165) is 11.4 Å². The van der Waals surface area contributed by atoms with E-state index in [-0.39, 0.29) is 0 Å². The van der Waals surface area contributed by atoms with Gasteiger partial charge in [0.2, 0.25) is 0 Å². The van der Waals surface area contributed by atoms with E-state index in [4.69, 9.17) is 23.2 Å². The van der Waals surface area contributed by atoms with Crippen molar-refractivity contribution in [2.24, 2.45) is 0 Å². The molecule has 0 aliphatic carbocycles. The first-order chi connectivity index (χ1) is 6.72. The lowest BCUT2D eigenvalue weighted by Gasteiger charge is -1.88. The summed E-state index contributed by atoms with van der Waals surface area (Å²) in [6, 6.07) is 0. The average molecular weight is 248 g/mol. The summed E-state index contributed by atoms with van der Waals surface area (Å²) in [6.07, 6.45) is 8.40. The molecular formula is C10H11Cl2NS. The Morgan fingerprint density at radius 3 is 3.00 bits per heavy atom. The van der Waals surface area contributed by atoms with Crippen LogP contribution in [0.5, 0.6) is 0 Å². The largest absolute Gasteiger partial charge is 0.250 e. The Bertz CT molecular complexity index is 342. The molecule has 1 aromatic rings. The summed E-state index contributed by atoms with van der Waals surface area (Å²) in [5.41, 5.74) is 0. The molecule has 0 amide bonds. The molecule has 0 saturated carbocycles. The minimum atomic E-state index is 0.447. The molecule has 0 atom stereocenters. The Morgan fingerprint density at radius 1 is 1.64 bits per heavy atom. The van der Waals surface area contributed by atoms with E-state index in [1.54, 1.807) is 17.4 Å². The van der Waals surface area contributed by atoms with Gasteiger partial charge < -0.3 is 0 Å². The molecule has 0 aliphatic rings. The predicted molar refractivity (Wildman–Crippen MR) is 64.4 cm³/mol. The maximum absolute atomic E-state index is 5.83. The van der Waals surface area contributed by atoms with Gasteiger partial charge in [-0.3, -0.25) is 0 Å². The maximum atomic E-state index is 5.83. The van der Waals surface area contributed by atoms with Gasteiger partial charge in [0.25, 0.3) is 0 Å². The van der Waals surface area contributed by atoms with Gasteiger partial charge in [0.15, 0.2) is 0 Å². The SMILES string of the molecule is Cc1ncc(C/C=C\C(Cl)=C/CCl)s1. The molecule has 14 heavy (non-hydrogen) atoms. The highest BCUT2D eigenvalue weighted by atomic mass is 35.5. The first-order valence-corrected chi connectivity index (χ1v) is 5.94. The van der Waals surface area contributed by atoms with Crippen LogP contribution in [0, 0.1) is 6.92 Å². The van der Waals surface area contributed by atoms with E-state index in [9.17, 15) is 0 Å². The van der Waals surface area contributed by atoms with Gasteiger partial charge in [-0.15, -0.1) is 22.9 Å². The summed E-state index contributed by atoms with van der Waals surface area (Å²) in [5.74, 6) is 0.447. The number of aryl methyl sites for hydroxylation is 1. The number of allylic oxidation sites excluding steroid dienone is 4. The number of aromatic nitrogens is 1. The third-order valence-corrected chi connectivity index (χ3v) is 2.91. The monoisotopic (exact) mass is 247 g/mol. The van der Waals surface area contributed by atoms with Crippen LogP contribution >= 0.6 is 34.5 Å². The normalized spacial score (nSPS) is 12.6. The smallest absolute Gasteiger partial charge is 0.0896 e. The lowest BCUT2D eigenvalue weighted by Crippen LogP contribution is -1.73. The zero-order chi connectivity index (χ0) is 10.4. The molecule has 76 valence electrons. The van der Waals surface area contributed by atoms with Crippen LogP contribution in [-0.2, 0) is 6.42 Å². The van der Waals surface area contributed by atoms with Crippen molar-refractivity contribution in [3.05, 3.63) is 39.3 Å². The quantitative estimate of drug-likeness (QED) is 0.581. The van der Waals surface area contributed by atoms with E-state index >= 15 is 0 Å². The fourth-order valence-corrected chi connectivity index (χ4v) is 2.11. The average Bonchev–Trinajstić information content (AvgIpc) is 2.52. The summed E-state index contributed by atoms with van der Waals surface area (Å²) >= 11 is 13.0. The molecule has 0 spiro atoms. The molecule has 1 nitrogen and oxygen atoms in total. The Labute approximate surface area is 98.1 Å². The van der Waals surface area contributed by atoms with Gasteiger partial charge in [0, 0.05) is 28.4 Å². The summed E-state index contributed by atoms with van der Waals surface area (Å²) in [5, 5.41) is 1.78. The molecule has 0 bridgehead atoms. The third-order valence-electron chi connectivity index (χ3n) is 1.54. The Hall–Kier alpha value is -0.310. The van der Waals surface area contributed by atoms with Gasteiger partial charge in [-0.1, -0.05) is 23.8 Å². The van der Waals surface area contributed by atoms with Crippen molar-refractivity contribution >= 4 is 34.5 Å². The third kappa shape index (κ3) is 4.27. The second-order valence-corrected chi connectivity index (χ2v) is 4.76. The van der Waals surface area contributed by atoms with E-state index in [1.165, 1.54) is 4.88 Å². The lowest BCUT2D eigenvalue weighted by molar-refractivity contribution is 1.25. The lowest BCUT2D eigenvalue weighted by atomic mass is 10.3. The molecule has 0 aromatic carbocycles. The van der Waals surface area contributed by atoms with Gasteiger partial charge in [-0.05, 0) is 13.0 Å². The molecule has 0 saturated heterocycles. The summed E-state index contributed by atoms with van der Waals surface area (Å²) in [7, 11) is 0. The van der Waals surface area contributed by atoms with Crippen LogP contribution in [0.15, 0.2) is 29.5 Å². The van der Waals surface area contributed by atoms with Gasteiger partial charge in [-0.2, -0.15) is 0 Å². The molecule has 0 fully saturated rings. The molecule has 0 aliphatic heterocycles. The zero-order valence-corrected chi connectivity index (χ0v) is 10.2. The van der Waals surface area contributed by atoms with Crippen molar-refractivity contribution in [2.45, 2.75) is 13.3 Å². The minimum Gasteiger partial charge on any atom is -0.250 e. The molecule has 1 aromatic heterocycles. The van der Waals surface area contributed by atoms with Gasteiger partial charge in [0.05, 0.1) is 5.01 Å². The molecular weight excluding hydrogens is 237 g/mol. The van der Waals surface area contributed by atoms with Crippen LogP contribution < -0.4 is 0 Å². The van der Waals surface area contributed by atoms with Crippen molar-refractivity contribution in [1.82, 2.24) is 4.98 Å². The van der Waals surface area contributed by atoms with Crippen molar-refractivity contribution in [1.29, 1.82) is 0 Å². The number of halogens is 2. The first kappa shape index (κ1) is 11.8. The van der Waals surface area contributed by atoms with Crippen molar-refractivity contribution < 1.29 is 0 Å². The number of nitrogens with zero attached hydrogens (tertiary/aromatic N) is 1. The summed E-state index contributed by atoms with van der Waals surface area (Å²) in [6.45, 7) is 2.00. The first-order valence-electron chi connectivity index (χ1n) is 4.22. The van der Waals surface area contributed by atoms with Crippen molar-refractivity contribution in [3.8, 4) is 0 Å². The maximum Gasteiger partial charge on any atom is 0.0896 e. The Morgan fingerprint density at radius 2 is 2.43 bits per heavy atom. The number of hydrogen-bond acceptors (Lipinski definition) is 2. The van der Waals surface area contributed by atoms with Crippen LogP contribution in [0.2, 0.25) is 0 Å². The van der Waals surface area contributed by atoms with E-state index in [2.05, 4.69) is 4.98 Å². The summed E-state index contributed by atoms with van der Waals surface area (Å²) in [4.78, 5) is 5.41. The van der Waals surface area contributed by atoms with Crippen LogP contribution in [-0.4, -0.2) is 10.9 Å². The predicted octanol–water partition coefficient (Wildman–Crippen LogP) is 3.91. The summed E-state index contributed by atoms with van der Waals surface area (Å²) < 4.78 is 0. The van der Waals surface area contributed by atoms with Gasteiger partial charge in [0.1, 0.15) is 0 Å². The molecule has 1 rings (SSSR count). The standard InChI is InChI=1S/C10H11Cl2NS/c1-8-13-7-10(14-8)4-2-3-9(12)5-6-11/h2-3,5,7H,4,6H2,1H3/b3-2-,9-5+. The molecule has 4 heteroatoms. The highest BCUT2D eigenvalue weighted by Gasteiger charge is 1.94. The zero-order valence-electron chi connectivity index (χ0n) is 7.84. The molecule has 0 N–H and O–H groups in total. The Kier molecular flexibility index (Phi) is 5.23. The molecule has 0 unspecified atom stereocenters. The highest BCUT2D eigenvalue weighted by molar-refractivity contribution is 7.11. The number of thiazole rings is 1. The topological polar surface area (TPSA) is 12.9 Å². The van der Waals surface area contributed by atoms with E-state index in [0.29, 0.717) is 10.9 Å². The molecule has 1 heterocycles. The van der Waals surface area contributed by atoms with Crippen LogP contribution in [0.1, 0.15) is 9.88 Å². The second kappa shape index (κ2) is 6.23. The van der Waals surface area contributed by atoms with E-state index < -0.39 is 0 Å². The van der Waals surface area contributed by atoms with Crippen LogP contribution in [0.25, 0.3) is 0 Å². The van der Waals surface area contributed by atoms with Gasteiger partial charge >= 0.3 is 0 Å². The van der Waals surface area contributed by atoms with Crippen LogP contribution in [0.3, 0.4) is 0 Å². The van der Waals surface area contributed by atoms with E-state index in [1.807, 2.05) is 25.3 Å². The molecule has 0 radical (unpaired) electrons. The second-order valence-electron chi connectivity index (χ2n) is 2.70. The highest BCUT2D eigenvalue weighted by Crippen LogP contribution is 2.13. The number of rotatable bonds is 4. The van der Waals surface area contributed by atoms with Crippen molar-refractivity contribution in [2.75, 3.05) is 5.88 Å². The van der Waals surface area contributed by atoms with Gasteiger partial charge in [-0.25, -0.2) is 4.98 Å². The minimum absolute atomic E-state index is 0.447. The Balaban J connectivity index is 2.44.